The van der Waals surface area contributed by atoms with Crippen LogP contribution in [0, 0.1) is 11.8 Å². The monoisotopic (exact) mass is 219 g/mol. The third-order valence-electron chi connectivity index (χ3n) is 4.10. The number of hydrogen-bond acceptors (Lipinski definition) is 1. The van der Waals surface area contributed by atoms with Crippen LogP contribution < -0.4 is 5.32 Å². The Morgan fingerprint density at radius 2 is 1.75 bits per heavy atom. The van der Waals surface area contributed by atoms with Crippen LogP contribution in [0.2, 0.25) is 0 Å². The highest BCUT2D eigenvalue weighted by molar-refractivity contribution is 5.18. The zero-order valence-electron chi connectivity index (χ0n) is 9.45. The molecule has 2 unspecified atom stereocenters. The van der Waals surface area contributed by atoms with E-state index >= 15 is 0 Å². The van der Waals surface area contributed by atoms with Gasteiger partial charge in [-0.25, -0.2) is 4.39 Å². The van der Waals surface area contributed by atoms with E-state index in [1.165, 1.54) is 0 Å². The Bertz CT molecular complexity index is 350. The van der Waals surface area contributed by atoms with E-state index in [0.29, 0.717) is 18.3 Å². The summed E-state index contributed by atoms with van der Waals surface area (Å²) in [4.78, 5) is 0. The second kappa shape index (κ2) is 3.85. The molecule has 1 aromatic carbocycles. The normalized spacial score (nSPS) is 37.6. The van der Waals surface area contributed by atoms with Crippen LogP contribution in [0.4, 0.5) is 4.39 Å². The number of benzene rings is 1. The van der Waals surface area contributed by atoms with Gasteiger partial charge in [0.05, 0.1) is 0 Å². The van der Waals surface area contributed by atoms with Gasteiger partial charge in [-0.2, -0.15) is 0 Å². The van der Waals surface area contributed by atoms with Crippen LogP contribution in [0.25, 0.3) is 0 Å². The minimum absolute atomic E-state index is 0.578. The molecule has 1 saturated carbocycles. The lowest BCUT2D eigenvalue weighted by molar-refractivity contribution is 0.159. The summed E-state index contributed by atoms with van der Waals surface area (Å²) in [6, 6.07) is 10.1. The number of nitrogens with one attached hydrogen (secondary N) is 1. The van der Waals surface area contributed by atoms with Gasteiger partial charge in [0.2, 0.25) is 0 Å². The second-order valence-electron chi connectivity index (χ2n) is 5.40. The lowest BCUT2D eigenvalue weighted by atomic mass is 9.93. The van der Waals surface area contributed by atoms with Crippen LogP contribution in [-0.2, 0) is 6.42 Å². The molecule has 86 valence electrons. The Labute approximate surface area is 96.1 Å². The van der Waals surface area contributed by atoms with Crippen molar-refractivity contribution in [3.05, 3.63) is 35.9 Å². The predicted molar refractivity (Wildman–Crippen MR) is 63.1 cm³/mol. The van der Waals surface area contributed by atoms with Crippen LogP contribution in [-0.4, -0.2) is 18.8 Å². The van der Waals surface area contributed by atoms with Crippen molar-refractivity contribution in [2.75, 3.05) is 13.1 Å². The largest absolute Gasteiger partial charge is 0.316 e. The highest BCUT2D eigenvalue weighted by Crippen LogP contribution is 2.45. The van der Waals surface area contributed by atoms with Gasteiger partial charge >= 0.3 is 0 Å². The summed E-state index contributed by atoms with van der Waals surface area (Å²) in [7, 11) is 0. The molecule has 3 rings (SSSR count). The van der Waals surface area contributed by atoms with Crippen molar-refractivity contribution in [2.24, 2.45) is 11.8 Å². The quantitative estimate of drug-likeness (QED) is 0.806. The van der Waals surface area contributed by atoms with Gasteiger partial charge in [0.15, 0.2) is 0 Å². The second-order valence-corrected chi connectivity index (χ2v) is 5.40. The van der Waals surface area contributed by atoms with Gasteiger partial charge in [-0.3, -0.25) is 0 Å². The molecule has 1 saturated heterocycles. The van der Waals surface area contributed by atoms with E-state index in [0.717, 1.165) is 31.5 Å². The third-order valence-corrected chi connectivity index (χ3v) is 4.10. The number of halogens is 1. The molecule has 1 nitrogen and oxygen atoms in total. The zero-order chi connectivity index (χ0) is 11.0. The van der Waals surface area contributed by atoms with E-state index in [1.54, 1.807) is 0 Å². The maximum Gasteiger partial charge on any atom is 0.115 e. The summed E-state index contributed by atoms with van der Waals surface area (Å²) in [5.74, 6) is 1.16. The van der Waals surface area contributed by atoms with Gasteiger partial charge in [0, 0.05) is 6.42 Å². The molecule has 1 aliphatic heterocycles. The van der Waals surface area contributed by atoms with Crippen molar-refractivity contribution in [1.29, 1.82) is 0 Å². The number of alkyl halides is 1. The van der Waals surface area contributed by atoms with E-state index in [9.17, 15) is 4.39 Å². The van der Waals surface area contributed by atoms with Crippen molar-refractivity contribution in [3.63, 3.8) is 0 Å². The Morgan fingerprint density at radius 1 is 1.12 bits per heavy atom. The Hall–Kier alpha value is -0.890. The summed E-state index contributed by atoms with van der Waals surface area (Å²) in [6.07, 6.45) is 2.10. The van der Waals surface area contributed by atoms with Crippen LogP contribution in [0.1, 0.15) is 18.4 Å². The molecule has 0 radical (unpaired) electrons. The maximum atomic E-state index is 14.7. The summed E-state index contributed by atoms with van der Waals surface area (Å²) >= 11 is 0. The van der Waals surface area contributed by atoms with Gasteiger partial charge in [-0.05, 0) is 43.3 Å². The molecular weight excluding hydrogens is 201 g/mol. The average Bonchev–Trinajstić information content (AvgIpc) is 2.77. The maximum absolute atomic E-state index is 14.7. The minimum atomic E-state index is -0.946. The number of fused-ring (bicyclic) bond motifs is 1. The van der Waals surface area contributed by atoms with E-state index in [4.69, 9.17) is 0 Å². The van der Waals surface area contributed by atoms with E-state index in [-0.39, 0.29) is 0 Å². The first-order valence-corrected chi connectivity index (χ1v) is 6.19. The Balaban J connectivity index is 1.71. The van der Waals surface area contributed by atoms with Crippen molar-refractivity contribution in [1.82, 2.24) is 5.32 Å². The molecule has 2 fully saturated rings. The number of hydrogen-bond donors (Lipinski definition) is 1. The Kier molecular flexibility index (Phi) is 2.47. The van der Waals surface area contributed by atoms with Crippen LogP contribution in [0.15, 0.2) is 30.3 Å². The van der Waals surface area contributed by atoms with Crippen molar-refractivity contribution in [2.45, 2.75) is 24.9 Å². The molecule has 2 aliphatic rings. The Morgan fingerprint density at radius 3 is 2.38 bits per heavy atom. The molecular formula is C14H18FN. The van der Waals surface area contributed by atoms with Crippen molar-refractivity contribution >= 4 is 0 Å². The highest BCUT2D eigenvalue weighted by Gasteiger charge is 2.47. The summed E-state index contributed by atoms with van der Waals surface area (Å²) < 4.78 is 14.7. The van der Waals surface area contributed by atoms with Gasteiger partial charge < -0.3 is 5.32 Å². The summed E-state index contributed by atoms with van der Waals surface area (Å²) in [6.45, 7) is 2.04. The average molecular weight is 219 g/mol. The van der Waals surface area contributed by atoms with Gasteiger partial charge in [0.25, 0.3) is 0 Å². The molecule has 0 aromatic heterocycles. The zero-order valence-corrected chi connectivity index (χ0v) is 9.45. The van der Waals surface area contributed by atoms with Crippen LogP contribution >= 0.6 is 0 Å². The molecule has 16 heavy (non-hydrogen) atoms. The van der Waals surface area contributed by atoms with Crippen molar-refractivity contribution in [3.8, 4) is 0 Å². The molecule has 2 atom stereocenters. The molecule has 0 amide bonds. The lowest BCUT2D eigenvalue weighted by Crippen LogP contribution is -2.25. The van der Waals surface area contributed by atoms with E-state index < -0.39 is 5.67 Å². The van der Waals surface area contributed by atoms with E-state index in [2.05, 4.69) is 5.32 Å². The summed E-state index contributed by atoms with van der Waals surface area (Å²) in [5.41, 5.74) is 0.191. The van der Waals surface area contributed by atoms with E-state index in [1.807, 2.05) is 30.3 Å². The molecule has 1 N–H and O–H groups in total. The standard InChI is InChI=1S/C14H18FN/c15-14(6-11-4-2-1-3-5-11)7-12-9-16-10-13(12)8-14/h1-5,12-13,16H,6-10H2. The first kappa shape index (κ1) is 10.3. The first-order chi connectivity index (χ1) is 7.75. The molecule has 0 bridgehead atoms. The first-order valence-electron chi connectivity index (χ1n) is 6.19. The molecule has 2 heteroatoms. The third kappa shape index (κ3) is 1.86. The molecule has 1 aromatic rings. The number of rotatable bonds is 2. The molecule has 1 aliphatic carbocycles. The van der Waals surface area contributed by atoms with Gasteiger partial charge in [0.1, 0.15) is 5.67 Å². The lowest BCUT2D eigenvalue weighted by Gasteiger charge is -2.20. The minimum Gasteiger partial charge on any atom is -0.316 e. The highest BCUT2D eigenvalue weighted by atomic mass is 19.1. The fraction of sp³-hybridized carbons (Fsp3) is 0.571. The van der Waals surface area contributed by atoms with Crippen LogP contribution in [0.5, 0.6) is 0 Å². The van der Waals surface area contributed by atoms with Gasteiger partial charge in [-0.1, -0.05) is 30.3 Å². The smallest absolute Gasteiger partial charge is 0.115 e. The topological polar surface area (TPSA) is 12.0 Å². The predicted octanol–water partition coefficient (Wildman–Crippen LogP) is 2.57. The summed E-state index contributed by atoms with van der Waals surface area (Å²) in [5, 5.41) is 3.36. The van der Waals surface area contributed by atoms with Crippen LogP contribution in [0.3, 0.4) is 0 Å². The van der Waals surface area contributed by atoms with Crippen molar-refractivity contribution < 1.29 is 4.39 Å². The molecule has 0 spiro atoms. The van der Waals surface area contributed by atoms with Gasteiger partial charge in [-0.15, -0.1) is 0 Å². The fourth-order valence-electron chi connectivity index (χ4n) is 3.39. The molecule has 1 heterocycles. The fourth-order valence-corrected chi connectivity index (χ4v) is 3.39. The SMILES string of the molecule is FC1(Cc2ccccc2)CC2CNCC2C1.